The highest BCUT2D eigenvalue weighted by Gasteiger charge is 2.44. The molecule has 0 amide bonds. The number of benzene rings is 5. The molecule has 1 aliphatic rings. The van der Waals surface area contributed by atoms with Gasteiger partial charge in [-0.2, -0.15) is 21.6 Å². The summed E-state index contributed by atoms with van der Waals surface area (Å²) in [4.78, 5) is 0. The first-order valence-corrected chi connectivity index (χ1v) is 13.9. The number of fused-ring (bicyclic) bond motifs is 3. The van der Waals surface area contributed by atoms with Crippen LogP contribution in [0.1, 0.15) is 11.1 Å². The van der Waals surface area contributed by atoms with Gasteiger partial charge in [-0.15, -0.1) is 0 Å². The Morgan fingerprint density at radius 1 is 0.571 bits per heavy atom. The molecular weight excluding hydrogens is 578 g/mol. The van der Waals surface area contributed by atoms with Gasteiger partial charge in [0.15, 0.2) is 0 Å². The quantitative estimate of drug-likeness (QED) is 0.126. The molecule has 0 aromatic heterocycles. The molecule has 10 heteroatoms. The number of halogens is 6. The third-order valence-electron chi connectivity index (χ3n) is 6.82. The van der Waals surface area contributed by atoms with Crippen molar-refractivity contribution in [3.8, 4) is 44.5 Å². The second-order valence-corrected chi connectivity index (χ2v) is 10.9. The van der Waals surface area contributed by atoms with Crippen LogP contribution in [0.25, 0.3) is 44.5 Å². The van der Waals surface area contributed by atoms with Gasteiger partial charge < -0.3 is 0 Å². The Kier molecular flexibility index (Phi) is 7.70. The molecule has 1 aliphatic carbocycles. The molecule has 42 heavy (non-hydrogen) atoms. The standard InChI is InChI=1S/C31H19F3.CHF3O3S/c32-23-11-5-19(6-12-23)27-18-28-26-4-2-1-3-22(26)17-29(28)31(21-9-15-25(34)16-10-21)30(27)20-7-13-24(33)14-8-20;2-1(3,4)8(5,6)7/h1-16,18H,17H2;(H,5,6,7). The molecule has 0 atom stereocenters. The average Bonchev–Trinajstić information content (AvgIpc) is 3.31. The summed E-state index contributed by atoms with van der Waals surface area (Å²) in [7, 11) is -5.84. The van der Waals surface area contributed by atoms with Crippen LogP contribution >= 0.6 is 0 Å². The van der Waals surface area contributed by atoms with E-state index in [9.17, 15) is 26.3 Å². The number of alkyl halides is 3. The highest BCUT2D eigenvalue weighted by atomic mass is 32.2. The lowest BCUT2D eigenvalue weighted by atomic mass is 9.82. The zero-order valence-corrected chi connectivity index (χ0v) is 22.3. The molecule has 0 spiro atoms. The normalized spacial score (nSPS) is 12.3. The van der Waals surface area contributed by atoms with Crippen molar-refractivity contribution in [3.05, 3.63) is 132 Å². The fraction of sp³-hybridized carbons (Fsp3) is 0.0625. The first kappa shape index (κ1) is 29.1. The van der Waals surface area contributed by atoms with Gasteiger partial charge >= 0.3 is 15.6 Å². The third kappa shape index (κ3) is 5.81. The van der Waals surface area contributed by atoms with E-state index >= 15 is 0 Å². The van der Waals surface area contributed by atoms with Crippen LogP contribution in [0.2, 0.25) is 0 Å². The van der Waals surface area contributed by atoms with Gasteiger partial charge in [0.25, 0.3) is 0 Å². The largest absolute Gasteiger partial charge is 0.522 e. The van der Waals surface area contributed by atoms with Crippen molar-refractivity contribution < 1.29 is 39.3 Å². The lowest BCUT2D eigenvalue weighted by Crippen LogP contribution is -2.21. The van der Waals surface area contributed by atoms with Crippen molar-refractivity contribution in [1.29, 1.82) is 0 Å². The topological polar surface area (TPSA) is 54.4 Å². The van der Waals surface area contributed by atoms with Crippen LogP contribution in [0, 0.1) is 17.5 Å². The SMILES string of the molecule is Fc1ccc(-c2cc3c(c(-c4ccc(F)cc4)c2-c2ccc(F)cc2)Cc2ccccc2-3)cc1.O=S(=O)(O)C(F)(F)F. The summed E-state index contributed by atoms with van der Waals surface area (Å²) in [6.07, 6.45) is 0.746. The fourth-order valence-corrected chi connectivity index (χ4v) is 4.98. The number of rotatable bonds is 3. The van der Waals surface area contributed by atoms with E-state index in [1.165, 1.54) is 42.0 Å². The van der Waals surface area contributed by atoms with E-state index in [-0.39, 0.29) is 17.5 Å². The molecule has 1 N–H and O–H groups in total. The average molecular weight is 599 g/mol. The fourth-order valence-electron chi connectivity index (χ4n) is 4.98. The molecule has 0 unspecified atom stereocenters. The monoisotopic (exact) mass is 598 g/mol. The molecule has 6 rings (SSSR count). The first-order chi connectivity index (χ1) is 19.8. The molecule has 5 aromatic rings. The molecule has 214 valence electrons. The van der Waals surface area contributed by atoms with Crippen molar-refractivity contribution in [1.82, 2.24) is 0 Å². The Morgan fingerprint density at radius 3 is 1.48 bits per heavy atom. The van der Waals surface area contributed by atoms with Gasteiger partial charge in [0.1, 0.15) is 17.5 Å². The number of hydrogen-bond acceptors (Lipinski definition) is 2. The smallest absolute Gasteiger partial charge is 0.279 e. The van der Waals surface area contributed by atoms with Gasteiger partial charge in [-0.1, -0.05) is 60.7 Å². The van der Waals surface area contributed by atoms with E-state index in [0.29, 0.717) is 0 Å². The Hall–Kier alpha value is -4.41. The maximum Gasteiger partial charge on any atom is 0.522 e. The molecule has 0 fully saturated rings. The lowest BCUT2D eigenvalue weighted by molar-refractivity contribution is -0.0510. The summed E-state index contributed by atoms with van der Waals surface area (Å²) < 4.78 is 99.1. The zero-order valence-electron chi connectivity index (χ0n) is 21.5. The van der Waals surface area contributed by atoms with Crippen LogP contribution in [0.5, 0.6) is 0 Å². The van der Waals surface area contributed by atoms with Crippen LogP contribution in [0.4, 0.5) is 26.3 Å². The molecule has 0 radical (unpaired) electrons. The van der Waals surface area contributed by atoms with Crippen LogP contribution < -0.4 is 0 Å². The van der Waals surface area contributed by atoms with Crippen LogP contribution in [-0.2, 0) is 16.5 Å². The van der Waals surface area contributed by atoms with Crippen LogP contribution in [-0.4, -0.2) is 18.5 Å². The lowest BCUT2D eigenvalue weighted by Gasteiger charge is -2.21. The maximum atomic E-state index is 13.9. The molecule has 5 aromatic carbocycles. The van der Waals surface area contributed by atoms with Crippen molar-refractivity contribution in [2.75, 3.05) is 0 Å². The third-order valence-corrected chi connectivity index (χ3v) is 7.41. The summed E-state index contributed by atoms with van der Waals surface area (Å²) in [5.41, 5.74) is 4.53. The Labute approximate surface area is 237 Å². The van der Waals surface area contributed by atoms with Gasteiger partial charge in [-0.25, -0.2) is 13.2 Å². The van der Waals surface area contributed by atoms with Crippen molar-refractivity contribution in [3.63, 3.8) is 0 Å². The summed E-state index contributed by atoms with van der Waals surface area (Å²) in [6.45, 7) is 0. The van der Waals surface area contributed by atoms with Gasteiger partial charge in [0.2, 0.25) is 0 Å². The molecular formula is C32H20F6O3S. The van der Waals surface area contributed by atoms with Crippen molar-refractivity contribution in [2.45, 2.75) is 11.9 Å². The second kappa shape index (κ2) is 11.1. The molecule has 0 heterocycles. The molecule has 0 bridgehead atoms. The zero-order chi connectivity index (χ0) is 30.2. The van der Waals surface area contributed by atoms with Gasteiger partial charge in [0, 0.05) is 0 Å². The number of hydrogen-bond donors (Lipinski definition) is 1. The van der Waals surface area contributed by atoms with E-state index in [4.69, 9.17) is 13.0 Å². The minimum atomic E-state index is -5.84. The Bertz CT molecular complexity index is 1870. The second-order valence-electron chi connectivity index (χ2n) is 9.48. The van der Waals surface area contributed by atoms with E-state index in [1.807, 2.05) is 12.1 Å². The summed E-state index contributed by atoms with van der Waals surface area (Å²) in [6, 6.07) is 29.8. The van der Waals surface area contributed by atoms with Crippen LogP contribution in [0.3, 0.4) is 0 Å². The first-order valence-electron chi connectivity index (χ1n) is 12.4. The maximum absolute atomic E-state index is 13.9. The van der Waals surface area contributed by atoms with E-state index in [2.05, 4.69) is 18.2 Å². The predicted octanol–water partition coefficient (Wildman–Crippen LogP) is 9.07. The van der Waals surface area contributed by atoms with Crippen LogP contribution in [0.15, 0.2) is 103 Å². The highest BCUT2D eigenvalue weighted by Crippen LogP contribution is 2.50. The molecule has 3 nitrogen and oxygen atoms in total. The highest BCUT2D eigenvalue weighted by molar-refractivity contribution is 7.86. The minimum absolute atomic E-state index is 0.304. The summed E-state index contributed by atoms with van der Waals surface area (Å²) in [5, 5.41) is 0. The predicted molar refractivity (Wildman–Crippen MR) is 148 cm³/mol. The molecule has 0 saturated carbocycles. The Morgan fingerprint density at radius 2 is 1.00 bits per heavy atom. The Balaban J connectivity index is 0.000000390. The minimum Gasteiger partial charge on any atom is -0.279 e. The van der Waals surface area contributed by atoms with Gasteiger partial charge in [0.05, 0.1) is 0 Å². The van der Waals surface area contributed by atoms with E-state index in [0.717, 1.165) is 56.5 Å². The van der Waals surface area contributed by atoms with Crippen molar-refractivity contribution >= 4 is 10.1 Å². The molecule has 0 saturated heterocycles. The van der Waals surface area contributed by atoms with Gasteiger partial charge in [-0.05, 0) is 105 Å². The van der Waals surface area contributed by atoms with E-state index in [1.54, 1.807) is 36.4 Å². The van der Waals surface area contributed by atoms with Crippen molar-refractivity contribution in [2.24, 2.45) is 0 Å². The summed E-state index contributed by atoms with van der Waals surface area (Å²) >= 11 is 0. The summed E-state index contributed by atoms with van der Waals surface area (Å²) in [5.74, 6) is -0.928. The van der Waals surface area contributed by atoms with E-state index < -0.39 is 15.6 Å². The van der Waals surface area contributed by atoms with Gasteiger partial charge in [-0.3, -0.25) is 4.55 Å². The molecule has 0 aliphatic heterocycles.